The molecule has 2 aromatic carbocycles. The zero-order valence-electron chi connectivity index (χ0n) is 13.9. The lowest BCUT2D eigenvalue weighted by atomic mass is 10.0. The molecule has 3 amide bonds. The zero-order valence-corrected chi connectivity index (χ0v) is 13.9. The summed E-state index contributed by atoms with van der Waals surface area (Å²) in [5.41, 5.74) is 6.92. The van der Waals surface area contributed by atoms with Crippen LogP contribution in [-0.2, 0) is 16.0 Å². The van der Waals surface area contributed by atoms with Crippen molar-refractivity contribution in [1.29, 1.82) is 5.26 Å². The monoisotopic (exact) mass is 350 g/mol. The Morgan fingerprint density at radius 1 is 1.08 bits per heavy atom. The number of nitrogens with one attached hydrogen (secondary N) is 2. The lowest BCUT2D eigenvalue weighted by Gasteiger charge is -2.16. The van der Waals surface area contributed by atoms with Crippen LogP contribution >= 0.6 is 0 Å². The van der Waals surface area contributed by atoms with Gasteiger partial charge in [-0.15, -0.1) is 0 Å². The molecule has 0 aliphatic rings. The number of hydrogen-bond acceptors (Lipinski definition) is 4. The lowest BCUT2D eigenvalue weighted by molar-refractivity contribution is -0.126. The van der Waals surface area contributed by atoms with Gasteiger partial charge in [0.1, 0.15) is 6.04 Å². The SMILES string of the molecule is N#Cc1cccc(C[C@H](NC(=O)CNC(=O)c2ccccc2)C(N)=O)c1. The van der Waals surface area contributed by atoms with Gasteiger partial charge >= 0.3 is 0 Å². The Morgan fingerprint density at radius 2 is 1.81 bits per heavy atom. The number of nitrogens with zero attached hydrogens (tertiary/aromatic N) is 1. The van der Waals surface area contributed by atoms with E-state index < -0.39 is 23.8 Å². The third-order valence-corrected chi connectivity index (χ3v) is 3.62. The predicted octanol–water partition coefficient (Wildman–Crippen LogP) is 0.501. The van der Waals surface area contributed by atoms with Gasteiger partial charge in [0.15, 0.2) is 0 Å². The first-order chi connectivity index (χ1) is 12.5. The first kappa shape index (κ1) is 18.7. The van der Waals surface area contributed by atoms with Crippen LogP contribution in [0.2, 0.25) is 0 Å². The van der Waals surface area contributed by atoms with Gasteiger partial charge in [0.05, 0.1) is 18.2 Å². The molecule has 0 unspecified atom stereocenters. The Morgan fingerprint density at radius 3 is 2.46 bits per heavy atom. The summed E-state index contributed by atoms with van der Waals surface area (Å²) in [4.78, 5) is 35.5. The van der Waals surface area contributed by atoms with Crippen LogP contribution in [0.1, 0.15) is 21.5 Å². The van der Waals surface area contributed by atoms with Crippen LogP contribution in [0.15, 0.2) is 54.6 Å². The largest absolute Gasteiger partial charge is 0.368 e. The fraction of sp³-hybridized carbons (Fsp3) is 0.158. The smallest absolute Gasteiger partial charge is 0.251 e. The predicted molar refractivity (Wildman–Crippen MR) is 94.8 cm³/mol. The Labute approximate surface area is 150 Å². The number of rotatable bonds is 7. The van der Waals surface area contributed by atoms with Gasteiger partial charge in [0.25, 0.3) is 5.91 Å². The highest BCUT2D eigenvalue weighted by molar-refractivity contribution is 5.97. The van der Waals surface area contributed by atoms with Gasteiger partial charge in [-0.05, 0) is 29.8 Å². The number of nitrogens with two attached hydrogens (primary N) is 1. The maximum absolute atomic E-state index is 12.0. The van der Waals surface area contributed by atoms with Gasteiger partial charge in [-0.3, -0.25) is 14.4 Å². The fourth-order valence-electron chi connectivity index (χ4n) is 2.32. The molecule has 0 radical (unpaired) electrons. The second-order valence-corrected chi connectivity index (χ2v) is 5.59. The van der Waals surface area contributed by atoms with Gasteiger partial charge < -0.3 is 16.4 Å². The second kappa shape index (κ2) is 8.99. The first-order valence-electron chi connectivity index (χ1n) is 7.90. The maximum atomic E-state index is 12.0. The number of benzene rings is 2. The summed E-state index contributed by atoms with van der Waals surface area (Å²) in [7, 11) is 0. The van der Waals surface area contributed by atoms with Crippen LogP contribution in [-0.4, -0.2) is 30.3 Å². The molecule has 0 heterocycles. The van der Waals surface area contributed by atoms with Gasteiger partial charge in [-0.1, -0.05) is 30.3 Å². The summed E-state index contributed by atoms with van der Waals surface area (Å²) < 4.78 is 0. The molecule has 7 heteroatoms. The van der Waals surface area contributed by atoms with Gasteiger partial charge in [-0.2, -0.15) is 5.26 Å². The number of carbonyl (C=O) groups is 3. The van der Waals surface area contributed by atoms with E-state index in [0.29, 0.717) is 16.7 Å². The normalized spacial score (nSPS) is 11.0. The average Bonchev–Trinajstić information content (AvgIpc) is 2.66. The van der Waals surface area contributed by atoms with E-state index in [2.05, 4.69) is 10.6 Å². The Bertz CT molecular complexity index is 843. The molecule has 0 saturated heterocycles. The summed E-state index contributed by atoms with van der Waals surface area (Å²) in [6.45, 7) is -0.282. The van der Waals surface area contributed by atoms with Crippen molar-refractivity contribution in [3.05, 3.63) is 71.3 Å². The Balaban J connectivity index is 1.92. The van der Waals surface area contributed by atoms with Crippen LogP contribution in [0.5, 0.6) is 0 Å². The third kappa shape index (κ3) is 5.46. The molecule has 2 aromatic rings. The molecule has 0 aliphatic heterocycles. The quantitative estimate of drug-likeness (QED) is 0.672. The second-order valence-electron chi connectivity index (χ2n) is 5.59. The van der Waals surface area contributed by atoms with Crippen LogP contribution < -0.4 is 16.4 Å². The van der Waals surface area contributed by atoms with Crippen LogP contribution in [0.3, 0.4) is 0 Å². The number of hydrogen-bond donors (Lipinski definition) is 3. The van der Waals surface area contributed by atoms with E-state index >= 15 is 0 Å². The molecular weight excluding hydrogens is 332 g/mol. The first-order valence-corrected chi connectivity index (χ1v) is 7.90. The standard InChI is InChI=1S/C19H18N4O3/c20-11-14-6-4-5-13(9-14)10-16(18(21)25)23-17(24)12-22-19(26)15-7-2-1-3-8-15/h1-9,16H,10,12H2,(H2,21,25)(H,22,26)(H,23,24)/t16-/m0/s1. The highest BCUT2D eigenvalue weighted by Crippen LogP contribution is 2.07. The minimum absolute atomic E-state index is 0.156. The molecule has 0 aliphatic carbocycles. The van der Waals surface area contributed by atoms with Crippen molar-refractivity contribution in [3.63, 3.8) is 0 Å². The zero-order chi connectivity index (χ0) is 18.9. The minimum atomic E-state index is -0.940. The summed E-state index contributed by atoms with van der Waals surface area (Å²) in [5, 5.41) is 13.9. The van der Waals surface area contributed by atoms with E-state index in [4.69, 9.17) is 11.0 Å². The van der Waals surface area contributed by atoms with Crippen molar-refractivity contribution < 1.29 is 14.4 Å². The van der Waals surface area contributed by atoms with E-state index in [1.165, 1.54) is 0 Å². The summed E-state index contributed by atoms with van der Waals surface area (Å²) >= 11 is 0. The van der Waals surface area contributed by atoms with Gasteiger partial charge in [0.2, 0.25) is 11.8 Å². The van der Waals surface area contributed by atoms with Crippen LogP contribution in [0, 0.1) is 11.3 Å². The number of primary amides is 1. The van der Waals surface area contributed by atoms with Crippen molar-refractivity contribution >= 4 is 17.7 Å². The van der Waals surface area contributed by atoms with Gasteiger partial charge in [0, 0.05) is 12.0 Å². The topological polar surface area (TPSA) is 125 Å². The molecule has 0 saturated carbocycles. The van der Waals surface area contributed by atoms with Crippen LogP contribution in [0.4, 0.5) is 0 Å². The fourth-order valence-corrected chi connectivity index (χ4v) is 2.32. The van der Waals surface area contributed by atoms with Crippen molar-refractivity contribution in [2.75, 3.05) is 6.54 Å². The highest BCUT2D eigenvalue weighted by atomic mass is 16.2. The summed E-state index contributed by atoms with van der Waals surface area (Å²) in [6, 6.07) is 16.2. The van der Waals surface area contributed by atoms with E-state index in [0.717, 1.165) is 0 Å². The van der Waals surface area contributed by atoms with E-state index in [1.807, 2.05) is 6.07 Å². The Hall–Kier alpha value is -3.66. The third-order valence-electron chi connectivity index (χ3n) is 3.62. The van der Waals surface area contributed by atoms with Gasteiger partial charge in [-0.25, -0.2) is 0 Å². The molecule has 26 heavy (non-hydrogen) atoms. The summed E-state index contributed by atoms with van der Waals surface area (Å²) in [6.07, 6.45) is 0.156. The molecule has 0 fully saturated rings. The van der Waals surface area contributed by atoms with Crippen molar-refractivity contribution in [2.45, 2.75) is 12.5 Å². The molecule has 4 N–H and O–H groups in total. The number of amides is 3. The van der Waals surface area contributed by atoms with E-state index in [9.17, 15) is 14.4 Å². The average molecular weight is 350 g/mol. The maximum Gasteiger partial charge on any atom is 0.251 e. The van der Waals surface area contributed by atoms with Crippen molar-refractivity contribution in [1.82, 2.24) is 10.6 Å². The highest BCUT2D eigenvalue weighted by Gasteiger charge is 2.19. The number of carbonyl (C=O) groups excluding carboxylic acids is 3. The molecule has 0 bridgehead atoms. The number of nitriles is 1. The van der Waals surface area contributed by atoms with Crippen molar-refractivity contribution in [2.24, 2.45) is 5.73 Å². The minimum Gasteiger partial charge on any atom is -0.368 e. The Kier molecular flexibility index (Phi) is 6.46. The molecular formula is C19H18N4O3. The summed E-state index contributed by atoms with van der Waals surface area (Å²) in [5.74, 6) is -1.62. The molecule has 7 nitrogen and oxygen atoms in total. The van der Waals surface area contributed by atoms with E-state index in [-0.39, 0.29) is 13.0 Å². The molecule has 132 valence electrons. The lowest BCUT2D eigenvalue weighted by Crippen LogP contribution is -2.49. The molecule has 2 rings (SSSR count). The molecule has 1 atom stereocenters. The van der Waals surface area contributed by atoms with Crippen LogP contribution in [0.25, 0.3) is 0 Å². The van der Waals surface area contributed by atoms with E-state index in [1.54, 1.807) is 54.6 Å². The molecule has 0 spiro atoms. The van der Waals surface area contributed by atoms with Crippen molar-refractivity contribution in [3.8, 4) is 6.07 Å². The molecule has 0 aromatic heterocycles.